The minimum Gasteiger partial charge on any atom is -0.457 e. The van der Waals surface area contributed by atoms with E-state index in [2.05, 4.69) is 22.0 Å². The molecule has 0 aliphatic rings. The van der Waals surface area contributed by atoms with Crippen LogP contribution in [0.25, 0.3) is 0 Å². The lowest BCUT2D eigenvalue weighted by molar-refractivity contribution is 0.473. The van der Waals surface area contributed by atoms with Gasteiger partial charge in [-0.25, -0.2) is 4.39 Å². The molecule has 0 spiro atoms. The number of hydrogen-bond donors (Lipinski definition) is 0. The summed E-state index contributed by atoms with van der Waals surface area (Å²) < 4.78 is 18.8. The first-order valence-corrected chi connectivity index (χ1v) is 6.82. The lowest BCUT2D eigenvalue weighted by Gasteiger charge is -2.11. The molecule has 0 amide bonds. The highest BCUT2D eigenvalue weighted by atomic mass is 79.9. The quantitative estimate of drug-likeness (QED) is 0.714. The van der Waals surface area contributed by atoms with Gasteiger partial charge < -0.3 is 4.74 Å². The monoisotopic (exact) mass is 308 g/mol. The molecule has 0 heterocycles. The third kappa shape index (κ3) is 2.91. The van der Waals surface area contributed by atoms with Crippen LogP contribution in [0.15, 0.2) is 36.4 Å². The summed E-state index contributed by atoms with van der Waals surface area (Å²) in [6, 6.07) is 10.6. The third-order valence-electron chi connectivity index (χ3n) is 2.75. The van der Waals surface area contributed by atoms with Gasteiger partial charge in [-0.3, -0.25) is 0 Å². The first-order chi connectivity index (χ1) is 8.60. The van der Waals surface area contributed by atoms with Crippen LogP contribution < -0.4 is 4.74 Å². The van der Waals surface area contributed by atoms with Crippen LogP contribution in [0, 0.1) is 19.7 Å². The van der Waals surface area contributed by atoms with Crippen molar-refractivity contribution in [3.63, 3.8) is 0 Å². The van der Waals surface area contributed by atoms with Crippen molar-refractivity contribution in [3.8, 4) is 11.5 Å². The van der Waals surface area contributed by atoms with Gasteiger partial charge in [0.25, 0.3) is 0 Å². The van der Waals surface area contributed by atoms with Gasteiger partial charge in [-0.05, 0) is 54.8 Å². The molecule has 2 aromatic rings. The maximum Gasteiger partial charge on any atom is 0.130 e. The van der Waals surface area contributed by atoms with Crippen LogP contribution in [0.3, 0.4) is 0 Å². The Hall–Kier alpha value is -1.35. The van der Waals surface area contributed by atoms with Crippen molar-refractivity contribution in [2.45, 2.75) is 19.2 Å². The van der Waals surface area contributed by atoms with Gasteiger partial charge in [0, 0.05) is 5.33 Å². The van der Waals surface area contributed by atoms with Crippen LogP contribution in [0.1, 0.15) is 16.7 Å². The van der Waals surface area contributed by atoms with Gasteiger partial charge in [0.2, 0.25) is 0 Å². The molecule has 0 N–H and O–H groups in total. The molecule has 0 atom stereocenters. The molecule has 0 saturated heterocycles. The van der Waals surface area contributed by atoms with Crippen LogP contribution >= 0.6 is 15.9 Å². The largest absolute Gasteiger partial charge is 0.457 e. The number of alkyl halides is 1. The molecule has 18 heavy (non-hydrogen) atoms. The average Bonchev–Trinajstić information content (AvgIpc) is 2.34. The van der Waals surface area contributed by atoms with Crippen molar-refractivity contribution in [2.75, 3.05) is 0 Å². The molecule has 2 aromatic carbocycles. The first kappa shape index (κ1) is 13.1. The Labute approximate surface area is 115 Å². The van der Waals surface area contributed by atoms with Gasteiger partial charge in [-0.15, -0.1) is 0 Å². The number of halogens is 2. The van der Waals surface area contributed by atoms with Crippen LogP contribution in [0.4, 0.5) is 4.39 Å². The number of benzene rings is 2. The van der Waals surface area contributed by atoms with E-state index in [1.165, 1.54) is 17.7 Å². The van der Waals surface area contributed by atoms with Gasteiger partial charge in [-0.1, -0.05) is 28.1 Å². The summed E-state index contributed by atoms with van der Waals surface area (Å²) in [6.45, 7) is 3.83. The van der Waals surface area contributed by atoms with Gasteiger partial charge in [-0.2, -0.15) is 0 Å². The molecule has 0 fully saturated rings. The molecular weight excluding hydrogens is 295 g/mol. The SMILES string of the molecule is Cc1cc(F)ccc1Oc1ccc(CBr)cc1C. The van der Waals surface area contributed by atoms with E-state index < -0.39 is 0 Å². The minimum atomic E-state index is -0.244. The van der Waals surface area contributed by atoms with Crippen molar-refractivity contribution in [1.82, 2.24) is 0 Å². The van der Waals surface area contributed by atoms with Gasteiger partial charge in [0.05, 0.1) is 0 Å². The number of ether oxygens (including phenoxy) is 1. The zero-order valence-corrected chi connectivity index (χ0v) is 11.9. The minimum absolute atomic E-state index is 0.244. The van der Waals surface area contributed by atoms with Gasteiger partial charge in [0.15, 0.2) is 0 Å². The summed E-state index contributed by atoms with van der Waals surface area (Å²) in [5, 5.41) is 0.823. The van der Waals surface area contributed by atoms with Crippen molar-refractivity contribution >= 4 is 15.9 Å². The van der Waals surface area contributed by atoms with Crippen molar-refractivity contribution < 1.29 is 9.13 Å². The summed E-state index contributed by atoms with van der Waals surface area (Å²) in [7, 11) is 0. The molecule has 0 radical (unpaired) electrons. The summed E-state index contributed by atoms with van der Waals surface area (Å²) in [6.07, 6.45) is 0. The molecule has 0 aliphatic carbocycles. The molecule has 0 unspecified atom stereocenters. The van der Waals surface area contributed by atoms with Crippen LogP contribution in [0.2, 0.25) is 0 Å². The third-order valence-corrected chi connectivity index (χ3v) is 3.40. The molecule has 2 rings (SSSR count). The second-order valence-electron chi connectivity index (χ2n) is 4.25. The van der Waals surface area contributed by atoms with Crippen LogP contribution in [-0.2, 0) is 5.33 Å². The first-order valence-electron chi connectivity index (χ1n) is 5.69. The highest BCUT2D eigenvalue weighted by molar-refractivity contribution is 9.08. The highest BCUT2D eigenvalue weighted by Gasteiger charge is 2.05. The van der Waals surface area contributed by atoms with E-state index in [4.69, 9.17) is 4.74 Å². The maximum absolute atomic E-state index is 13.0. The fraction of sp³-hybridized carbons (Fsp3) is 0.200. The van der Waals surface area contributed by atoms with Crippen LogP contribution in [0.5, 0.6) is 11.5 Å². The predicted octanol–water partition coefficient (Wildman–Crippen LogP) is 5.13. The van der Waals surface area contributed by atoms with E-state index in [0.29, 0.717) is 5.75 Å². The highest BCUT2D eigenvalue weighted by Crippen LogP contribution is 2.28. The van der Waals surface area contributed by atoms with E-state index >= 15 is 0 Å². The van der Waals surface area contributed by atoms with E-state index in [-0.39, 0.29) is 5.82 Å². The molecule has 0 aromatic heterocycles. The Morgan fingerprint density at radius 2 is 1.61 bits per heavy atom. The Balaban J connectivity index is 2.28. The Morgan fingerprint density at radius 1 is 1.00 bits per heavy atom. The predicted molar refractivity (Wildman–Crippen MR) is 75.0 cm³/mol. The number of hydrogen-bond acceptors (Lipinski definition) is 1. The molecule has 0 saturated carbocycles. The maximum atomic E-state index is 13.0. The summed E-state index contributed by atoms with van der Waals surface area (Å²) in [5.41, 5.74) is 3.06. The van der Waals surface area contributed by atoms with Crippen molar-refractivity contribution in [3.05, 3.63) is 58.9 Å². The fourth-order valence-electron chi connectivity index (χ4n) is 1.75. The summed E-state index contributed by atoms with van der Waals surface area (Å²) >= 11 is 3.42. The zero-order chi connectivity index (χ0) is 13.1. The molecular formula is C15H14BrFO. The van der Waals surface area contributed by atoms with Crippen molar-refractivity contribution in [1.29, 1.82) is 0 Å². The molecule has 0 aliphatic heterocycles. The Morgan fingerprint density at radius 3 is 2.17 bits per heavy atom. The standard InChI is InChI=1S/C15H14BrFO/c1-10-7-12(9-16)3-5-14(10)18-15-6-4-13(17)8-11(15)2/h3-8H,9H2,1-2H3. The Kier molecular flexibility index (Phi) is 4.02. The van der Waals surface area contributed by atoms with Crippen molar-refractivity contribution in [2.24, 2.45) is 0 Å². The summed E-state index contributed by atoms with van der Waals surface area (Å²) in [5.74, 6) is 1.24. The average molecular weight is 309 g/mol. The van der Waals surface area contributed by atoms with E-state index in [0.717, 1.165) is 22.2 Å². The van der Waals surface area contributed by atoms with Crippen LogP contribution in [-0.4, -0.2) is 0 Å². The lowest BCUT2D eigenvalue weighted by Crippen LogP contribution is -1.92. The fourth-order valence-corrected chi connectivity index (χ4v) is 2.10. The molecule has 3 heteroatoms. The molecule has 0 bridgehead atoms. The second kappa shape index (κ2) is 5.53. The Bertz CT molecular complexity index is 566. The lowest BCUT2D eigenvalue weighted by atomic mass is 10.1. The number of rotatable bonds is 3. The normalized spacial score (nSPS) is 10.4. The molecule has 1 nitrogen and oxygen atoms in total. The smallest absolute Gasteiger partial charge is 0.130 e. The zero-order valence-electron chi connectivity index (χ0n) is 10.3. The van der Waals surface area contributed by atoms with Gasteiger partial charge in [0.1, 0.15) is 17.3 Å². The van der Waals surface area contributed by atoms with E-state index in [1.807, 2.05) is 26.0 Å². The summed E-state index contributed by atoms with van der Waals surface area (Å²) in [4.78, 5) is 0. The number of aryl methyl sites for hydroxylation is 2. The van der Waals surface area contributed by atoms with Gasteiger partial charge >= 0.3 is 0 Å². The van der Waals surface area contributed by atoms with E-state index in [1.54, 1.807) is 6.07 Å². The van der Waals surface area contributed by atoms with E-state index in [9.17, 15) is 4.39 Å². The molecule has 94 valence electrons. The topological polar surface area (TPSA) is 9.23 Å². The second-order valence-corrected chi connectivity index (χ2v) is 4.81.